The highest BCUT2D eigenvalue weighted by Crippen LogP contribution is 2.27. The number of aryl methyl sites for hydroxylation is 1. The second kappa shape index (κ2) is 7.68. The zero-order valence-electron chi connectivity index (χ0n) is 13.4. The van der Waals surface area contributed by atoms with Crippen molar-refractivity contribution in [2.24, 2.45) is 0 Å². The third kappa shape index (κ3) is 4.81. The van der Waals surface area contributed by atoms with E-state index in [1.54, 1.807) is 30.3 Å². The molecule has 2 N–H and O–H groups in total. The van der Waals surface area contributed by atoms with Crippen molar-refractivity contribution in [2.45, 2.75) is 13.5 Å². The summed E-state index contributed by atoms with van der Waals surface area (Å²) in [6, 6.07) is 13.3. The van der Waals surface area contributed by atoms with E-state index in [1.165, 1.54) is 12.1 Å². The topological polar surface area (TPSA) is 49.8 Å². The average molecular weight is 377 g/mol. The summed E-state index contributed by atoms with van der Waals surface area (Å²) in [4.78, 5) is 8.78. The lowest BCUT2D eigenvalue weighted by Crippen LogP contribution is -2.05. The number of benzene rings is 2. The van der Waals surface area contributed by atoms with Gasteiger partial charge >= 0.3 is 0 Å². The second-order valence-corrected chi connectivity index (χ2v) is 6.29. The molecule has 0 saturated carbocycles. The van der Waals surface area contributed by atoms with Crippen LogP contribution in [0.4, 0.5) is 21.8 Å². The fraction of sp³-hybridized carbons (Fsp3) is 0.111. The van der Waals surface area contributed by atoms with Gasteiger partial charge in [-0.05, 0) is 42.8 Å². The molecule has 0 bridgehead atoms. The van der Waals surface area contributed by atoms with Crippen LogP contribution in [0, 0.1) is 12.7 Å². The first-order valence-corrected chi connectivity index (χ1v) is 8.31. The van der Waals surface area contributed by atoms with Gasteiger partial charge in [-0.15, -0.1) is 0 Å². The molecule has 7 heteroatoms. The Bertz CT molecular complexity index is 885. The molecular formula is C18H15Cl2FN4. The zero-order chi connectivity index (χ0) is 17.8. The van der Waals surface area contributed by atoms with Gasteiger partial charge in [0.05, 0.1) is 10.7 Å². The summed E-state index contributed by atoms with van der Waals surface area (Å²) >= 11 is 12.1. The Balaban J connectivity index is 1.74. The highest BCUT2D eigenvalue weighted by molar-refractivity contribution is 6.36. The maximum Gasteiger partial charge on any atom is 0.229 e. The first kappa shape index (κ1) is 17.5. The molecule has 128 valence electrons. The van der Waals surface area contributed by atoms with Gasteiger partial charge in [0.1, 0.15) is 11.6 Å². The lowest BCUT2D eigenvalue weighted by molar-refractivity contribution is 0.627. The van der Waals surface area contributed by atoms with Crippen LogP contribution in [0.2, 0.25) is 10.0 Å². The molecule has 0 spiro atoms. The summed E-state index contributed by atoms with van der Waals surface area (Å²) < 4.78 is 13.0. The summed E-state index contributed by atoms with van der Waals surface area (Å²) in [6.07, 6.45) is 0. The molecule has 0 aliphatic rings. The molecule has 2 aromatic carbocycles. The predicted octanol–water partition coefficient (Wildman–Crippen LogP) is 5.59. The van der Waals surface area contributed by atoms with Gasteiger partial charge in [0.15, 0.2) is 0 Å². The molecule has 0 fully saturated rings. The summed E-state index contributed by atoms with van der Waals surface area (Å²) in [5.41, 5.74) is 2.42. The standard InChI is InChI=1S/C18H15Cl2FN4/c1-11-8-17(22-10-12-2-5-14(21)6-3-12)25-18(23-11)24-16-7-4-13(19)9-15(16)20/h2-9H,10H2,1H3,(H2,22,23,24,25). The van der Waals surface area contributed by atoms with E-state index in [2.05, 4.69) is 20.6 Å². The number of anilines is 3. The van der Waals surface area contributed by atoms with Crippen molar-refractivity contribution in [1.82, 2.24) is 9.97 Å². The van der Waals surface area contributed by atoms with Gasteiger partial charge in [-0.3, -0.25) is 0 Å². The van der Waals surface area contributed by atoms with Crippen molar-refractivity contribution in [3.05, 3.63) is 75.7 Å². The summed E-state index contributed by atoms with van der Waals surface area (Å²) in [5, 5.41) is 7.33. The summed E-state index contributed by atoms with van der Waals surface area (Å²) in [5.74, 6) is 0.822. The summed E-state index contributed by atoms with van der Waals surface area (Å²) in [6.45, 7) is 2.40. The highest BCUT2D eigenvalue weighted by atomic mass is 35.5. The lowest BCUT2D eigenvalue weighted by Gasteiger charge is -2.11. The molecule has 0 atom stereocenters. The van der Waals surface area contributed by atoms with E-state index in [1.807, 2.05) is 13.0 Å². The van der Waals surface area contributed by atoms with Crippen LogP contribution in [0.25, 0.3) is 0 Å². The van der Waals surface area contributed by atoms with E-state index < -0.39 is 0 Å². The van der Waals surface area contributed by atoms with Crippen LogP contribution in [0.3, 0.4) is 0 Å². The Labute approximate surface area is 155 Å². The van der Waals surface area contributed by atoms with Gasteiger partial charge in [0.25, 0.3) is 0 Å². The van der Waals surface area contributed by atoms with Gasteiger partial charge in [-0.25, -0.2) is 9.37 Å². The monoisotopic (exact) mass is 376 g/mol. The zero-order valence-corrected chi connectivity index (χ0v) is 14.9. The molecule has 0 aliphatic heterocycles. The van der Waals surface area contributed by atoms with E-state index in [-0.39, 0.29) is 5.82 Å². The molecule has 0 radical (unpaired) electrons. The Hall–Kier alpha value is -2.37. The molecule has 0 unspecified atom stereocenters. The Morgan fingerprint density at radius 1 is 1.00 bits per heavy atom. The molecule has 0 saturated heterocycles. The third-order valence-electron chi connectivity index (χ3n) is 3.42. The van der Waals surface area contributed by atoms with Crippen molar-refractivity contribution in [3.8, 4) is 0 Å². The SMILES string of the molecule is Cc1cc(NCc2ccc(F)cc2)nc(Nc2ccc(Cl)cc2Cl)n1. The smallest absolute Gasteiger partial charge is 0.229 e. The van der Waals surface area contributed by atoms with Gasteiger partial charge in [0.2, 0.25) is 5.95 Å². The van der Waals surface area contributed by atoms with Gasteiger partial charge in [-0.1, -0.05) is 35.3 Å². The van der Waals surface area contributed by atoms with E-state index in [0.29, 0.717) is 34.0 Å². The van der Waals surface area contributed by atoms with E-state index in [9.17, 15) is 4.39 Å². The average Bonchev–Trinajstić information content (AvgIpc) is 2.56. The first-order valence-electron chi connectivity index (χ1n) is 7.56. The number of halogens is 3. The van der Waals surface area contributed by atoms with E-state index in [4.69, 9.17) is 23.2 Å². The largest absolute Gasteiger partial charge is 0.366 e. The molecule has 0 aliphatic carbocycles. The first-order chi connectivity index (χ1) is 12.0. The van der Waals surface area contributed by atoms with Crippen molar-refractivity contribution in [3.63, 3.8) is 0 Å². The van der Waals surface area contributed by atoms with Crippen molar-refractivity contribution >= 4 is 40.7 Å². The maximum atomic E-state index is 13.0. The van der Waals surface area contributed by atoms with E-state index >= 15 is 0 Å². The number of hydrogen-bond acceptors (Lipinski definition) is 4. The molecule has 1 aromatic heterocycles. The molecule has 25 heavy (non-hydrogen) atoms. The number of aromatic nitrogens is 2. The maximum absolute atomic E-state index is 13.0. The minimum Gasteiger partial charge on any atom is -0.366 e. The molecular weight excluding hydrogens is 362 g/mol. The Kier molecular flexibility index (Phi) is 5.36. The van der Waals surface area contributed by atoms with Crippen LogP contribution in [-0.4, -0.2) is 9.97 Å². The van der Waals surface area contributed by atoms with Gasteiger partial charge in [-0.2, -0.15) is 4.98 Å². The van der Waals surface area contributed by atoms with Crippen LogP contribution in [0.1, 0.15) is 11.3 Å². The van der Waals surface area contributed by atoms with Crippen LogP contribution < -0.4 is 10.6 Å². The Morgan fingerprint density at radius 2 is 1.76 bits per heavy atom. The number of rotatable bonds is 5. The predicted molar refractivity (Wildman–Crippen MR) is 100 cm³/mol. The van der Waals surface area contributed by atoms with Crippen LogP contribution in [-0.2, 0) is 6.54 Å². The minimum absolute atomic E-state index is 0.257. The van der Waals surface area contributed by atoms with E-state index in [0.717, 1.165) is 11.3 Å². The molecule has 4 nitrogen and oxygen atoms in total. The third-order valence-corrected chi connectivity index (χ3v) is 3.97. The van der Waals surface area contributed by atoms with Crippen molar-refractivity contribution in [1.29, 1.82) is 0 Å². The molecule has 1 heterocycles. The van der Waals surface area contributed by atoms with Crippen LogP contribution in [0.15, 0.2) is 48.5 Å². The quantitative estimate of drug-likeness (QED) is 0.609. The number of nitrogens with zero attached hydrogens (tertiary/aromatic N) is 2. The van der Waals surface area contributed by atoms with Crippen LogP contribution >= 0.6 is 23.2 Å². The fourth-order valence-electron chi connectivity index (χ4n) is 2.22. The molecule has 3 aromatic rings. The van der Waals surface area contributed by atoms with Crippen molar-refractivity contribution < 1.29 is 4.39 Å². The number of nitrogens with one attached hydrogen (secondary N) is 2. The molecule has 3 rings (SSSR count). The van der Waals surface area contributed by atoms with Gasteiger partial charge in [0, 0.05) is 23.3 Å². The van der Waals surface area contributed by atoms with Crippen LogP contribution in [0.5, 0.6) is 0 Å². The number of hydrogen-bond donors (Lipinski definition) is 2. The fourth-order valence-corrected chi connectivity index (χ4v) is 2.68. The minimum atomic E-state index is -0.257. The normalized spacial score (nSPS) is 10.6. The van der Waals surface area contributed by atoms with Crippen molar-refractivity contribution in [2.75, 3.05) is 10.6 Å². The summed E-state index contributed by atoms with van der Waals surface area (Å²) in [7, 11) is 0. The lowest BCUT2D eigenvalue weighted by atomic mass is 10.2. The van der Waals surface area contributed by atoms with Gasteiger partial charge < -0.3 is 10.6 Å². The highest BCUT2D eigenvalue weighted by Gasteiger charge is 2.06. The molecule has 0 amide bonds. The Morgan fingerprint density at radius 3 is 2.48 bits per heavy atom. The second-order valence-electron chi connectivity index (χ2n) is 5.45.